The van der Waals surface area contributed by atoms with Gasteiger partial charge in [0.1, 0.15) is 11.6 Å². The van der Waals surface area contributed by atoms with E-state index in [2.05, 4.69) is 20.5 Å². The first-order valence-corrected chi connectivity index (χ1v) is 8.04. The van der Waals surface area contributed by atoms with Crippen LogP contribution < -0.4 is 15.4 Å². The van der Waals surface area contributed by atoms with Gasteiger partial charge in [-0.3, -0.25) is 9.69 Å². The second kappa shape index (κ2) is 8.84. The summed E-state index contributed by atoms with van der Waals surface area (Å²) in [5.74, 6) is 1.57. The van der Waals surface area contributed by atoms with Crippen LogP contribution in [-0.4, -0.2) is 53.6 Å². The number of nitrogens with zero attached hydrogens (tertiary/aromatic N) is 3. The lowest BCUT2D eigenvalue weighted by Crippen LogP contribution is -2.49. The minimum atomic E-state index is -0.0550. The Morgan fingerprint density at radius 2 is 2.24 bits per heavy atom. The number of hydrogen-bond donors (Lipinski definition) is 2. The number of carbonyl (C=O) groups is 1. The number of aryl methyl sites for hydroxylation is 1. The summed E-state index contributed by atoms with van der Waals surface area (Å²) in [6.45, 7) is 2.77. The molecule has 25 heavy (non-hydrogen) atoms. The van der Waals surface area contributed by atoms with Crippen LogP contribution in [0.15, 0.2) is 36.7 Å². The van der Waals surface area contributed by atoms with Gasteiger partial charge in [-0.05, 0) is 12.1 Å². The summed E-state index contributed by atoms with van der Waals surface area (Å²) >= 11 is 0. The first kappa shape index (κ1) is 19.2. The number of nitrogens with one attached hydrogen (secondary N) is 2. The lowest BCUT2D eigenvalue weighted by atomic mass is 10.1. The summed E-state index contributed by atoms with van der Waals surface area (Å²) in [6.07, 6.45) is 3.72. The number of methoxy groups -OCH3 is 1. The molecule has 1 atom stereocenters. The van der Waals surface area contributed by atoms with Crippen molar-refractivity contribution in [1.29, 1.82) is 0 Å². The van der Waals surface area contributed by atoms with Crippen molar-refractivity contribution in [1.82, 2.24) is 19.8 Å². The van der Waals surface area contributed by atoms with E-state index in [1.807, 2.05) is 42.1 Å². The molecule has 0 bridgehead atoms. The second-order valence-electron chi connectivity index (χ2n) is 5.84. The van der Waals surface area contributed by atoms with Crippen LogP contribution in [-0.2, 0) is 11.8 Å². The quantitative estimate of drug-likeness (QED) is 0.838. The average Bonchev–Trinajstić information content (AvgIpc) is 3.01. The van der Waals surface area contributed by atoms with Crippen LogP contribution in [0.5, 0.6) is 5.75 Å². The molecule has 1 aromatic carbocycles. The summed E-state index contributed by atoms with van der Waals surface area (Å²) in [5.41, 5.74) is 0.689. The molecule has 1 aliphatic rings. The van der Waals surface area contributed by atoms with Crippen LogP contribution in [0.3, 0.4) is 0 Å². The van der Waals surface area contributed by atoms with E-state index in [1.54, 1.807) is 13.3 Å². The molecule has 7 nitrogen and oxygen atoms in total. The monoisotopic (exact) mass is 365 g/mol. The van der Waals surface area contributed by atoms with Crippen LogP contribution in [0.2, 0.25) is 0 Å². The Morgan fingerprint density at radius 3 is 2.96 bits per heavy atom. The SMILES string of the molecule is COc1ccccc1NC(=O)CN1CCNCC1c1nccn1C.Cl. The normalized spacial score (nSPS) is 17.6. The van der Waals surface area contributed by atoms with Gasteiger partial charge in [-0.2, -0.15) is 0 Å². The second-order valence-corrected chi connectivity index (χ2v) is 5.84. The molecule has 1 saturated heterocycles. The van der Waals surface area contributed by atoms with E-state index < -0.39 is 0 Å². The third-order valence-electron chi connectivity index (χ3n) is 4.24. The molecular weight excluding hydrogens is 342 g/mol. The van der Waals surface area contributed by atoms with E-state index in [9.17, 15) is 4.79 Å². The molecule has 0 spiro atoms. The minimum absolute atomic E-state index is 0. The van der Waals surface area contributed by atoms with Crippen LogP contribution in [0.1, 0.15) is 11.9 Å². The fourth-order valence-corrected chi connectivity index (χ4v) is 3.01. The van der Waals surface area contributed by atoms with Gasteiger partial charge in [0.15, 0.2) is 0 Å². The molecule has 1 unspecified atom stereocenters. The molecule has 3 rings (SSSR count). The van der Waals surface area contributed by atoms with E-state index in [0.29, 0.717) is 18.0 Å². The number of halogens is 1. The lowest BCUT2D eigenvalue weighted by molar-refractivity contribution is -0.118. The Bertz CT molecular complexity index is 706. The van der Waals surface area contributed by atoms with Gasteiger partial charge in [0.25, 0.3) is 0 Å². The summed E-state index contributed by atoms with van der Waals surface area (Å²) in [7, 11) is 3.57. The molecule has 1 fully saturated rings. The number of benzene rings is 1. The molecule has 2 heterocycles. The van der Waals surface area contributed by atoms with E-state index in [4.69, 9.17) is 4.74 Å². The van der Waals surface area contributed by atoms with Crippen molar-refractivity contribution in [3.05, 3.63) is 42.5 Å². The van der Waals surface area contributed by atoms with Gasteiger partial charge in [0, 0.05) is 39.1 Å². The van der Waals surface area contributed by atoms with Gasteiger partial charge in [-0.1, -0.05) is 12.1 Å². The summed E-state index contributed by atoms with van der Waals surface area (Å²) in [6, 6.07) is 7.51. The smallest absolute Gasteiger partial charge is 0.238 e. The number of anilines is 1. The number of imidazole rings is 1. The molecule has 0 saturated carbocycles. The van der Waals surface area contributed by atoms with E-state index in [0.717, 1.165) is 25.5 Å². The predicted octanol–water partition coefficient (Wildman–Crippen LogP) is 1.44. The Kier molecular flexibility index (Phi) is 6.81. The Hall–Kier alpha value is -2.09. The lowest BCUT2D eigenvalue weighted by Gasteiger charge is -2.35. The van der Waals surface area contributed by atoms with Crippen molar-refractivity contribution in [2.75, 3.05) is 38.6 Å². The van der Waals surface area contributed by atoms with E-state index in [-0.39, 0.29) is 24.4 Å². The number of aromatic nitrogens is 2. The van der Waals surface area contributed by atoms with E-state index in [1.165, 1.54) is 0 Å². The first-order chi connectivity index (χ1) is 11.7. The summed E-state index contributed by atoms with van der Waals surface area (Å²) < 4.78 is 7.28. The third-order valence-corrected chi connectivity index (χ3v) is 4.24. The number of ether oxygens (including phenoxy) is 1. The predicted molar refractivity (Wildman–Crippen MR) is 99.3 cm³/mol. The molecule has 0 radical (unpaired) electrons. The number of piperazine rings is 1. The summed E-state index contributed by atoms with van der Waals surface area (Å²) in [4.78, 5) is 19.1. The molecule has 136 valence electrons. The maximum atomic E-state index is 12.5. The molecule has 2 aromatic rings. The van der Waals surface area contributed by atoms with Gasteiger partial charge >= 0.3 is 0 Å². The van der Waals surface area contributed by atoms with Gasteiger partial charge in [-0.25, -0.2) is 4.98 Å². The minimum Gasteiger partial charge on any atom is -0.495 e. The van der Waals surface area contributed by atoms with Crippen molar-refractivity contribution in [2.45, 2.75) is 6.04 Å². The fraction of sp³-hybridized carbons (Fsp3) is 0.412. The van der Waals surface area contributed by atoms with E-state index >= 15 is 0 Å². The molecular formula is C17H24ClN5O2. The van der Waals surface area contributed by atoms with Crippen molar-refractivity contribution < 1.29 is 9.53 Å². The molecule has 1 amide bonds. The molecule has 1 aliphatic heterocycles. The van der Waals surface area contributed by atoms with Crippen LogP contribution in [0.25, 0.3) is 0 Å². The van der Waals surface area contributed by atoms with Crippen molar-refractivity contribution >= 4 is 24.0 Å². The highest BCUT2D eigenvalue weighted by atomic mass is 35.5. The zero-order valence-electron chi connectivity index (χ0n) is 14.4. The number of hydrogen-bond acceptors (Lipinski definition) is 5. The third kappa shape index (κ3) is 4.50. The standard InChI is InChI=1S/C17H23N5O2.ClH/c1-21-9-8-19-17(21)14-11-18-7-10-22(14)12-16(23)20-13-5-3-4-6-15(13)24-2;/h3-6,8-9,14,18H,7,10-12H2,1-2H3,(H,20,23);1H. The van der Waals surface area contributed by atoms with Gasteiger partial charge in [-0.15, -0.1) is 12.4 Å². The summed E-state index contributed by atoms with van der Waals surface area (Å²) in [5, 5.41) is 6.31. The van der Waals surface area contributed by atoms with Gasteiger partial charge < -0.3 is 19.9 Å². The van der Waals surface area contributed by atoms with Crippen LogP contribution >= 0.6 is 12.4 Å². The highest BCUT2D eigenvalue weighted by Crippen LogP contribution is 2.24. The highest BCUT2D eigenvalue weighted by Gasteiger charge is 2.28. The highest BCUT2D eigenvalue weighted by molar-refractivity contribution is 5.93. The number of rotatable bonds is 5. The molecule has 2 N–H and O–H groups in total. The first-order valence-electron chi connectivity index (χ1n) is 8.04. The zero-order chi connectivity index (χ0) is 16.9. The maximum Gasteiger partial charge on any atom is 0.238 e. The number of carbonyl (C=O) groups excluding carboxylic acids is 1. The van der Waals surface area contributed by atoms with Gasteiger partial charge in [0.05, 0.1) is 25.4 Å². The maximum absolute atomic E-state index is 12.5. The number of amides is 1. The fourth-order valence-electron chi connectivity index (χ4n) is 3.01. The van der Waals surface area contributed by atoms with Crippen molar-refractivity contribution in [2.24, 2.45) is 7.05 Å². The topological polar surface area (TPSA) is 71.4 Å². The van der Waals surface area contributed by atoms with Crippen LogP contribution in [0, 0.1) is 0 Å². The zero-order valence-corrected chi connectivity index (χ0v) is 15.3. The van der Waals surface area contributed by atoms with Crippen LogP contribution in [0.4, 0.5) is 5.69 Å². The Labute approximate surface area is 153 Å². The van der Waals surface area contributed by atoms with Crippen molar-refractivity contribution in [3.63, 3.8) is 0 Å². The Morgan fingerprint density at radius 1 is 1.44 bits per heavy atom. The largest absolute Gasteiger partial charge is 0.495 e. The average molecular weight is 366 g/mol. The van der Waals surface area contributed by atoms with Gasteiger partial charge in [0.2, 0.25) is 5.91 Å². The molecule has 8 heteroatoms. The molecule has 0 aliphatic carbocycles. The Balaban J connectivity index is 0.00000225. The number of para-hydroxylation sites is 2. The van der Waals surface area contributed by atoms with Crippen molar-refractivity contribution in [3.8, 4) is 5.75 Å². The molecule has 1 aromatic heterocycles.